The number of hydrogen-bond donors (Lipinski definition) is 0. The van der Waals surface area contributed by atoms with Gasteiger partial charge in [-0.15, -0.1) is 0 Å². The first-order valence-corrected chi connectivity index (χ1v) is 9.41. The maximum Gasteiger partial charge on any atom is 0.255 e. The molecule has 0 radical (unpaired) electrons. The molecule has 26 heavy (non-hydrogen) atoms. The zero-order valence-electron chi connectivity index (χ0n) is 14.7. The molecule has 1 saturated carbocycles. The summed E-state index contributed by atoms with van der Waals surface area (Å²) in [5.41, 5.74) is 2.52. The molecule has 1 aliphatic rings. The quantitative estimate of drug-likeness (QED) is 0.573. The molecule has 132 valence electrons. The Labute approximate surface area is 158 Å². The van der Waals surface area contributed by atoms with E-state index >= 15 is 0 Å². The molecular weight excluding hydrogens is 344 g/mol. The maximum atomic E-state index is 13.5. The van der Waals surface area contributed by atoms with Gasteiger partial charge in [0.15, 0.2) is 0 Å². The lowest BCUT2D eigenvalue weighted by Gasteiger charge is -2.30. The summed E-state index contributed by atoms with van der Waals surface area (Å²) >= 11 is 6.21. The molecule has 3 aromatic rings. The van der Waals surface area contributed by atoms with Crippen molar-refractivity contribution in [2.24, 2.45) is 5.92 Å². The smallest absolute Gasteiger partial charge is 0.255 e. The molecule has 0 spiro atoms. The molecular formula is C22H21ClN2O. The fraction of sp³-hybridized carbons (Fsp3) is 0.273. The van der Waals surface area contributed by atoms with Crippen molar-refractivity contribution in [2.45, 2.75) is 32.4 Å². The first kappa shape index (κ1) is 17.0. The molecule has 3 nitrogen and oxygen atoms in total. The number of hydrogen-bond acceptors (Lipinski definition) is 2. The second kappa shape index (κ2) is 7.08. The summed E-state index contributed by atoms with van der Waals surface area (Å²) in [6.45, 7) is 2.76. The molecule has 0 saturated heterocycles. The molecule has 1 atom stereocenters. The lowest BCUT2D eigenvalue weighted by Crippen LogP contribution is -2.39. The van der Waals surface area contributed by atoms with E-state index in [1.807, 2.05) is 47.4 Å². The van der Waals surface area contributed by atoms with Gasteiger partial charge < -0.3 is 4.90 Å². The van der Waals surface area contributed by atoms with Crippen LogP contribution in [0.3, 0.4) is 0 Å². The van der Waals surface area contributed by atoms with Crippen LogP contribution in [0, 0.1) is 5.92 Å². The number of pyridine rings is 1. The monoisotopic (exact) mass is 364 g/mol. The van der Waals surface area contributed by atoms with Crippen LogP contribution in [0.1, 0.15) is 35.7 Å². The van der Waals surface area contributed by atoms with E-state index in [1.54, 1.807) is 6.07 Å². The molecule has 1 unspecified atom stereocenters. The molecule has 0 aliphatic heterocycles. The van der Waals surface area contributed by atoms with Crippen molar-refractivity contribution in [3.63, 3.8) is 0 Å². The average molecular weight is 365 g/mol. The highest BCUT2D eigenvalue weighted by molar-refractivity contribution is 6.30. The zero-order chi connectivity index (χ0) is 18.1. The fourth-order valence-electron chi connectivity index (χ4n) is 3.49. The van der Waals surface area contributed by atoms with E-state index in [1.165, 1.54) is 12.8 Å². The number of carbonyl (C=O) groups is 1. The van der Waals surface area contributed by atoms with Crippen molar-refractivity contribution in [1.29, 1.82) is 0 Å². The Morgan fingerprint density at radius 1 is 1.15 bits per heavy atom. The first-order chi connectivity index (χ1) is 12.6. The van der Waals surface area contributed by atoms with E-state index in [0.717, 1.165) is 16.5 Å². The third kappa shape index (κ3) is 3.45. The molecule has 1 heterocycles. The largest absolute Gasteiger partial charge is 0.331 e. The second-order valence-corrected chi connectivity index (χ2v) is 7.39. The number of nitrogens with zero attached hydrogens (tertiary/aromatic N) is 2. The van der Waals surface area contributed by atoms with Gasteiger partial charge in [0.05, 0.1) is 11.1 Å². The van der Waals surface area contributed by atoms with E-state index in [4.69, 9.17) is 11.6 Å². The lowest BCUT2D eigenvalue weighted by molar-refractivity contribution is 0.0656. The lowest BCUT2D eigenvalue weighted by atomic mass is 10.0. The van der Waals surface area contributed by atoms with Crippen molar-refractivity contribution in [2.75, 3.05) is 0 Å². The van der Waals surface area contributed by atoms with Gasteiger partial charge in [-0.1, -0.05) is 60.1 Å². The molecule has 1 aromatic heterocycles. The van der Waals surface area contributed by atoms with Gasteiger partial charge in [0, 0.05) is 18.0 Å². The van der Waals surface area contributed by atoms with Crippen LogP contribution >= 0.6 is 11.6 Å². The standard InChI is InChI=1S/C22H21ClN2O/c1-15(17-11-12-17)25(14-16-7-3-2-4-8-16)22(26)19-13-21(23)24-20-10-6-5-9-18(19)20/h2-10,13,15,17H,11-12,14H2,1H3. The summed E-state index contributed by atoms with van der Waals surface area (Å²) < 4.78 is 0. The number of fused-ring (bicyclic) bond motifs is 1. The van der Waals surface area contributed by atoms with E-state index in [-0.39, 0.29) is 11.9 Å². The zero-order valence-corrected chi connectivity index (χ0v) is 15.5. The molecule has 1 fully saturated rings. The Hall–Kier alpha value is -2.39. The minimum absolute atomic E-state index is 0.0220. The molecule has 4 heteroatoms. The second-order valence-electron chi connectivity index (χ2n) is 7.01. The van der Waals surface area contributed by atoms with Crippen LogP contribution < -0.4 is 0 Å². The van der Waals surface area contributed by atoms with Gasteiger partial charge >= 0.3 is 0 Å². The van der Waals surface area contributed by atoms with Gasteiger partial charge in [-0.25, -0.2) is 4.98 Å². The van der Waals surface area contributed by atoms with Gasteiger partial charge in [-0.05, 0) is 43.4 Å². The van der Waals surface area contributed by atoms with E-state index in [0.29, 0.717) is 23.2 Å². The third-order valence-corrected chi connectivity index (χ3v) is 5.36. The van der Waals surface area contributed by atoms with Crippen molar-refractivity contribution in [3.05, 3.63) is 76.9 Å². The minimum atomic E-state index is 0.0220. The van der Waals surface area contributed by atoms with E-state index < -0.39 is 0 Å². The summed E-state index contributed by atoms with van der Waals surface area (Å²) in [6.07, 6.45) is 2.38. The van der Waals surface area contributed by atoms with E-state index in [9.17, 15) is 4.79 Å². The number of benzene rings is 2. The molecule has 2 aromatic carbocycles. The first-order valence-electron chi connectivity index (χ1n) is 9.03. The molecule has 1 aliphatic carbocycles. The molecule has 4 rings (SSSR count). The number of para-hydroxylation sites is 1. The van der Waals surface area contributed by atoms with Crippen LogP contribution in [0.15, 0.2) is 60.7 Å². The fourth-order valence-corrected chi connectivity index (χ4v) is 3.69. The summed E-state index contributed by atoms with van der Waals surface area (Å²) in [6, 6.07) is 19.7. The predicted molar refractivity (Wildman–Crippen MR) is 105 cm³/mol. The van der Waals surface area contributed by atoms with Crippen molar-refractivity contribution >= 4 is 28.4 Å². The van der Waals surface area contributed by atoms with Crippen molar-refractivity contribution < 1.29 is 4.79 Å². The Balaban J connectivity index is 1.74. The highest BCUT2D eigenvalue weighted by Gasteiger charge is 2.35. The topological polar surface area (TPSA) is 33.2 Å². The van der Waals surface area contributed by atoms with Gasteiger partial charge in [-0.3, -0.25) is 4.79 Å². The number of carbonyl (C=O) groups excluding carboxylic acids is 1. The molecule has 0 bridgehead atoms. The number of halogens is 1. The molecule has 1 amide bonds. The Bertz CT molecular complexity index is 937. The summed E-state index contributed by atoms with van der Waals surface area (Å²) in [4.78, 5) is 19.9. The van der Waals surface area contributed by atoms with Gasteiger partial charge in [0.1, 0.15) is 5.15 Å². The van der Waals surface area contributed by atoms with Crippen LogP contribution in [-0.2, 0) is 6.54 Å². The minimum Gasteiger partial charge on any atom is -0.331 e. The van der Waals surface area contributed by atoms with Crippen LogP contribution in [0.25, 0.3) is 10.9 Å². The normalized spacial score (nSPS) is 15.0. The Morgan fingerprint density at radius 3 is 2.58 bits per heavy atom. The number of aromatic nitrogens is 1. The third-order valence-electron chi connectivity index (χ3n) is 5.17. The predicted octanol–water partition coefficient (Wildman–Crippen LogP) is 5.33. The Morgan fingerprint density at radius 2 is 1.85 bits per heavy atom. The highest BCUT2D eigenvalue weighted by atomic mass is 35.5. The SMILES string of the molecule is CC(C1CC1)N(Cc1ccccc1)C(=O)c1cc(Cl)nc2ccccc12. The van der Waals surface area contributed by atoms with Gasteiger partial charge in [0.2, 0.25) is 0 Å². The summed E-state index contributed by atoms with van der Waals surface area (Å²) in [5.74, 6) is 0.611. The van der Waals surface area contributed by atoms with Gasteiger partial charge in [0.25, 0.3) is 5.91 Å². The number of rotatable bonds is 5. The summed E-state index contributed by atoms with van der Waals surface area (Å²) in [7, 11) is 0. The van der Waals surface area contributed by atoms with E-state index in [2.05, 4.69) is 24.0 Å². The van der Waals surface area contributed by atoms with Crippen LogP contribution in [0.5, 0.6) is 0 Å². The maximum absolute atomic E-state index is 13.5. The van der Waals surface area contributed by atoms with Crippen LogP contribution in [0.4, 0.5) is 0 Å². The van der Waals surface area contributed by atoms with Crippen molar-refractivity contribution in [3.8, 4) is 0 Å². The summed E-state index contributed by atoms with van der Waals surface area (Å²) in [5, 5.41) is 1.20. The average Bonchev–Trinajstić information content (AvgIpc) is 3.50. The highest BCUT2D eigenvalue weighted by Crippen LogP contribution is 2.36. The molecule has 0 N–H and O–H groups in total. The Kier molecular flexibility index (Phi) is 4.64. The van der Waals surface area contributed by atoms with Crippen molar-refractivity contribution in [1.82, 2.24) is 9.88 Å². The van der Waals surface area contributed by atoms with Crippen LogP contribution in [0.2, 0.25) is 5.15 Å². The van der Waals surface area contributed by atoms with Crippen LogP contribution in [-0.4, -0.2) is 21.8 Å². The van der Waals surface area contributed by atoms with Gasteiger partial charge in [-0.2, -0.15) is 0 Å². The number of amides is 1.